The number of hydrogen-bond acceptors (Lipinski definition) is 6. The van der Waals surface area contributed by atoms with Crippen LogP contribution in [0.25, 0.3) is 0 Å². The molecule has 1 atom stereocenters. The van der Waals surface area contributed by atoms with Gasteiger partial charge in [0.25, 0.3) is 0 Å². The van der Waals surface area contributed by atoms with Crippen molar-refractivity contribution in [1.29, 1.82) is 0 Å². The van der Waals surface area contributed by atoms with Gasteiger partial charge in [-0.1, -0.05) is 25.6 Å². The number of nitrogens with one attached hydrogen (secondary N) is 1. The van der Waals surface area contributed by atoms with E-state index in [4.69, 9.17) is 0 Å². The van der Waals surface area contributed by atoms with E-state index < -0.39 is 0 Å². The third-order valence-electron chi connectivity index (χ3n) is 3.01. The fourth-order valence-corrected chi connectivity index (χ4v) is 3.83. The van der Waals surface area contributed by atoms with Gasteiger partial charge < -0.3 is 10.4 Å². The number of nitrogens with zero attached hydrogens (tertiary/aromatic N) is 2. The molecule has 0 aliphatic heterocycles. The maximum Gasteiger partial charge on any atom is 0.169 e. The predicted octanol–water partition coefficient (Wildman–Crippen LogP) is 1.77. The Morgan fingerprint density at radius 1 is 1.65 bits per heavy atom. The second-order valence-corrected chi connectivity index (χ2v) is 6.89. The highest BCUT2D eigenvalue weighted by Gasteiger charge is 2.45. The number of aliphatic hydroxyl groups is 1. The first kappa shape index (κ1) is 13.3. The predicted molar refractivity (Wildman–Crippen MR) is 71.4 cm³/mol. The average Bonchev–Trinajstić information content (AvgIpc) is 3.02. The Hall–Kier alpha value is -0.170. The van der Waals surface area contributed by atoms with Crippen LogP contribution in [0.5, 0.6) is 0 Å². The monoisotopic (exact) mass is 273 g/mol. The minimum Gasteiger partial charge on any atom is -0.394 e. The summed E-state index contributed by atoms with van der Waals surface area (Å²) in [5, 5.41) is 13.3. The van der Waals surface area contributed by atoms with Crippen LogP contribution in [-0.2, 0) is 0 Å². The highest BCUT2D eigenvalue weighted by molar-refractivity contribution is 8.01. The van der Waals surface area contributed by atoms with Crippen LogP contribution in [0.15, 0.2) is 10.7 Å². The molecule has 6 heteroatoms. The molecule has 4 nitrogen and oxygen atoms in total. The maximum atomic E-state index is 9.76. The summed E-state index contributed by atoms with van der Waals surface area (Å²) in [6.45, 7) is 4.45. The largest absolute Gasteiger partial charge is 0.394 e. The molecular weight excluding hydrogens is 254 g/mol. The average molecular weight is 273 g/mol. The SMILES string of the molecule is CC(C)NC(CO)(CSc1ncns1)C1CC1. The minimum atomic E-state index is -0.148. The number of thioether (sulfide) groups is 1. The number of hydrogen-bond donors (Lipinski definition) is 2. The third kappa shape index (κ3) is 3.40. The van der Waals surface area contributed by atoms with E-state index in [1.54, 1.807) is 18.1 Å². The Morgan fingerprint density at radius 2 is 2.41 bits per heavy atom. The zero-order chi connectivity index (χ0) is 12.3. The molecule has 0 radical (unpaired) electrons. The molecule has 1 aliphatic carbocycles. The fraction of sp³-hybridized carbons (Fsp3) is 0.818. The van der Waals surface area contributed by atoms with Gasteiger partial charge in [0.05, 0.1) is 12.1 Å². The van der Waals surface area contributed by atoms with Gasteiger partial charge in [-0.3, -0.25) is 0 Å². The van der Waals surface area contributed by atoms with Gasteiger partial charge in [-0.2, -0.15) is 4.37 Å². The quantitative estimate of drug-likeness (QED) is 0.742. The maximum absolute atomic E-state index is 9.76. The van der Waals surface area contributed by atoms with E-state index in [1.807, 2.05) is 0 Å². The molecule has 2 rings (SSSR count). The van der Waals surface area contributed by atoms with Crippen molar-refractivity contribution < 1.29 is 5.11 Å². The standard InChI is InChI=1S/C11H19N3OS2/c1-8(2)14-11(5-15,9-3-4-9)6-16-10-12-7-13-17-10/h7-9,14-15H,3-6H2,1-2H3. The summed E-state index contributed by atoms with van der Waals surface area (Å²) in [6.07, 6.45) is 4.02. The molecule has 1 aromatic rings. The molecule has 0 amide bonds. The Kier molecular flexibility index (Phi) is 4.41. The van der Waals surface area contributed by atoms with Crippen LogP contribution in [0.1, 0.15) is 26.7 Å². The summed E-state index contributed by atoms with van der Waals surface area (Å²) in [5.74, 6) is 1.47. The molecule has 0 spiro atoms. The van der Waals surface area contributed by atoms with Gasteiger partial charge in [0.15, 0.2) is 4.34 Å². The van der Waals surface area contributed by atoms with Crippen molar-refractivity contribution in [1.82, 2.24) is 14.7 Å². The van der Waals surface area contributed by atoms with Crippen molar-refractivity contribution in [3.8, 4) is 0 Å². The molecule has 1 heterocycles. The molecule has 1 fully saturated rings. The first-order valence-electron chi connectivity index (χ1n) is 5.94. The van der Waals surface area contributed by atoms with Crippen molar-refractivity contribution >= 4 is 23.3 Å². The zero-order valence-electron chi connectivity index (χ0n) is 10.2. The Balaban J connectivity index is 1.99. The van der Waals surface area contributed by atoms with E-state index in [0.29, 0.717) is 12.0 Å². The molecule has 2 N–H and O–H groups in total. The van der Waals surface area contributed by atoms with Gasteiger partial charge in [-0.15, -0.1) is 0 Å². The van der Waals surface area contributed by atoms with Crippen molar-refractivity contribution in [3.63, 3.8) is 0 Å². The second-order valence-electron chi connectivity index (χ2n) is 4.88. The molecule has 1 saturated carbocycles. The highest BCUT2D eigenvalue weighted by atomic mass is 32.2. The van der Waals surface area contributed by atoms with Crippen LogP contribution in [0.3, 0.4) is 0 Å². The lowest BCUT2D eigenvalue weighted by Crippen LogP contribution is -2.55. The van der Waals surface area contributed by atoms with Crippen molar-refractivity contribution in [2.75, 3.05) is 12.4 Å². The Labute approximate surface area is 110 Å². The van der Waals surface area contributed by atoms with E-state index in [0.717, 1.165) is 10.1 Å². The summed E-state index contributed by atoms with van der Waals surface area (Å²) in [5.41, 5.74) is -0.148. The van der Waals surface area contributed by atoms with E-state index in [2.05, 4.69) is 28.5 Å². The molecule has 1 aromatic heterocycles. The normalized spacial score (nSPS) is 19.5. The summed E-state index contributed by atoms with van der Waals surface area (Å²) in [7, 11) is 0. The van der Waals surface area contributed by atoms with E-state index >= 15 is 0 Å². The van der Waals surface area contributed by atoms with Gasteiger partial charge >= 0.3 is 0 Å². The van der Waals surface area contributed by atoms with Crippen LogP contribution >= 0.6 is 23.3 Å². The van der Waals surface area contributed by atoms with Gasteiger partial charge in [0.1, 0.15) is 6.33 Å². The number of aliphatic hydroxyl groups excluding tert-OH is 1. The summed E-state index contributed by atoms with van der Waals surface area (Å²) < 4.78 is 4.98. The summed E-state index contributed by atoms with van der Waals surface area (Å²) >= 11 is 3.11. The first-order chi connectivity index (χ1) is 8.16. The van der Waals surface area contributed by atoms with Gasteiger partial charge in [-0.05, 0) is 30.3 Å². The lowest BCUT2D eigenvalue weighted by atomic mass is 9.95. The summed E-state index contributed by atoms with van der Waals surface area (Å²) in [4.78, 5) is 4.17. The van der Waals surface area contributed by atoms with Gasteiger partial charge in [0, 0.05) is 11.8 Å². The second kappa shape index (κ2) is 5.65. The number of rotatable bonds is 7. The highest BCUT2D eigenvalue weighted by Crippen LogP contribution is 2.42. The molecule has 0 aromatic carbocycles. The molecule has 17 heavy (non-hydrogen) atoms. The molecule has 0 saturated heterocycles. The fourth-order valence-electron chi connectivity index (χ4n) is 2.13. The summed E-state index contributed by atoms with van der Waals surface area (Å²) in [6, 6.07) is 0.387. The molecule has 96 valence electrons. The van der Waals surface area contributed by atoms with Crippen molar-refractivity contribution in [3.05, 3.63) is 6.33 Å². The van der Waals surface area contributed by atoms with Gasteiger partial charge in [0.2, 0.25) is 0 Å². The smallest absolute Gasteiger partial charge is 0.169 e. The molecule has 1 aliphatic rings. The van der Waals surface area contributed by atoms with Crippen LogP contribution in [0.4, 0.5) is 0 Å². The van der Waals surface area contributed by atoms with Crippen molar-refractivity contribution in [2.45, 2.75) is 42.6 Å². The first-order valence-corrected chi connectivity index (χ1v) is 7.70. The Morgan fingerprint density at radius 3 is 2.88 bits per heavy atom. The topological polar surface area (TPSA) is 58.0 Å². The minimum absolute atomic E-state index is 0.148. The Bertz CT molecular complexity index is 340. The lowest BCUT2D eigenvalue weighted by Gasteiger charge is -2.35. The zero-order valence-corrected chi connectivity index (χ0v) is 11.9. The lowest BCUT2D eigenvalue weighted by molar-refractivity contribution is 0.150. The van der Waals surface area contributed by atoms with Crippen LogP contribution in [0.2, 0.25) is 0 Å². The van der Waals surface area contributed by atoms with Gasteiger partial charge in [-0.25, -0.2) is 4.98 Å². The van der Waals surface area contributed by atoms with E-state index in [9.17, 15) is 5.11 Å². The third-order valence-corrected chi connectivity index (χ3v) is 5.06. The molecule has 1 unspecified atom stereocenters. The van der Waals surface area contributed by atoms with Crippen LogP contribution in [0, 0.1) is 5.92 Å². The van der Waals surface area contributed by atoms with Crippen molar-refractivity contribution in [2.24, 2.45) is 5.92 Å². The number of aromatic nitrogens is 2. The molecular formula is C11H19N3OS2. The van der Waals surface area contributed by atoms with Crippen LogP contribution < -0.4 is 5.32 Å². The van der Waals surface area contributed by atoms with E-state index in [-0.39, 0.29) is 12.1 Å². The van der Waals surface area contributed by atoms with E-state index in [1.165, 1.54) is 24.4 Å². The van der Waals surface area contributed by atoms with Crippen LogP contribution in [-0.4, -0.2) is 38.4 Å². The molecule has 0 bridgehead atoms.